The van der Waals surface area contributed by atoms with Crippen LogP contribution in [0.15, 0.2) is 48.5 Å². The second kappa shape index (κ2) is 9.38. The molecule has 0 atom stereocenters. The smallest absolute Gasteiger partial charge is 0.269 e. The first kappa shape index (κ1) is 20.0. The van der Waals surface area contributed by atoms with Crippen molar-refractivity contribution < 1.29 is 19.1 Å². The summed E-state index contributed by atoms with van der Waals surface area (Å²) < 4.78 is 5.32. The normalized spacial score (nSPS) is 10.2. The van der Waals surface area contributed by atoms with Crippen molar-refractivity contribution in [1.29, 1.82) is 0 Å². The van der Waals surface area contributed by atoms with Crippen LogP contribution in [0.3, 0.4) is 0 Å². The minimum absolute atomic E-state index is 0.102. The first-order valence-electron chi connectivity index (χ1n) is 8.65. The molecule has 7 nitrogen and oxygen atoms in total. The minimum Gasteiger partial charge on any atom is -0.494 e. The van der Waals surface area contributed by atoms with Crippen LogP contribution in [0, 0.1) is 5.92 Å². The number of rotatable bonds is 6. The summed E-state index contributed by atoms with van der Waals surface area (Å²) in [6.45, 7) is 6.01. The van der Waals surface area contributed by atoms with E-state index >= 15 is 0 Å². The van der Waals surface area contributed by atoms with Crippen LogP contribution in [0.4, 0.5) is 5.69 Å². The molecule has 0 aliphatic rings. The number of hydrazine groups is 1. The van der Waals surface area contributed by atoms with Crippen molar-refractivity contribution in [2.75, 3.05) is 11.9 Å². The molecule has 7 heteroatoms. The fourth-order valence-electron chi connectivity index (χ4n) is 2.12. The van der Waals surface area contributed by atoms with Gasteiger partial charge in [-0.25, -0.2) is 0 Å². The molecule has 3 amide bonds. The van der Waals surface area contributed by atoms with Gasteiger partial charge in [0.2, 0.25) is 5.91 Å². The van der Waals surface area contributed by atoms with E-state index in [9.17, 15) is 14.4 Å². The Kier molecular flexibility index (Phi) is 6.93. The molecule has 0 radical (unpaired) electrons. The molecule has 0 spiro atoms. The predicted molar refractivity (Wildman–Crippen MR) is 102 cm³/mol. The Morgan fingerprint density at radius 1 is 0.852 bits per heavy atom. The average Bonchev–Trinajstić information content (AvgIpc) is 2.67. The number of benzene rings is 2. The van der Waals surface area contributed by atoms with E-state index in [0.717, 1.165) is 0 Å². The van der Waals surface area contributed by atoms with Gasteiger partial charge in [0.15, 0.2) is 0 Å². The first-order valence-corrected chi connectivity index (χ1v) is 8.65. The second-order valence-electron chi connectivity index (χ2n) is 6.09. The molecule has 0 aliphatic heterocycles. The summed E-state index contributed by atoms with van der Waals surface area (Å²) >= 11 is 0. The standard InChI is InChI=1S/C20H23N3O4/c1-4-27-17-11-7-15(8-12-17)20(26)23-22-19(25)14-5-9-16(10-6-14)21-18(24)13(2)3/h5-13H,4H2,1-3H3,(H,21,24)(H,22,25)(H,23,26). The summed E-state index contributed by atoms with van der Waals surface area (Å²) in [5, 5.41) is 2.74. The molecule has 0 saturated heterocycles. The van der Waals surface area contributed by atoms with Crippen LogP contribution in [0.1, 0.15) is 41.5 Å². The molecule has 142 valence electrons. The molecule has 2 aromatic rings. The van der Waals surface area contributed by atoms with Crippen LogP contribution in [0.2, 0.25) is 0 Å². The Hall–Kier alpha value is -3.35. The van der Waals surface area contributed by atoms with Gasteiger partial charge in [0.05, 0.1) is 6.61 Å². The molecule has 0 aromatic heterocycles. The van der Waals surface area contributed by atoms with Gasteiger partial charge in [0, 0.05) is 22.7 Å². The maximum atomic E-state index is 12.1. The maximum Gasteiger partial charge on any atom is 0.269 e. The molecular formula is C20H23N3O4. The molecule has 0 fully saturated rings. The van der Waals surface area contributed by atoms with Crippen LogP contribution >= 0.6 is 0 Å². The number of anilines is 1. The Morgan fingerprint density at radius 2 is 1.33 bits per heavy atom. The summed E-state index contributed by atoms with van der Waals surface area (Å²) in [6.07, 6.45) is 0. The van der Waals surface area contributed by atoms with E-state index in [1.807, 2.05) is 6.92 Å². The Balaban J connectivity index is 1.89. The summed E-state index contributed by atoms with van der Waals surface area (Å²) in [7, 11) is 0. The highest BCUT2D eigenvalue weighted by atomic mass is 16.5. The zero-order chi connectivity index (χ0) is 19.8. The van der Waals surface area contributed by atoms with Crippen molar-refractivity contribution in [2.45, 2.75) is 20.8 Å². The van der Waals surface area contributed by atoms with Gasteiger partial charge >= 0.3 is 0 Å². The average molecular weight is 369 g/mol. The predicted octanol–water partition coefficient (Wildman–Crippen LogP) is 2.75. The number of ether oxygens (including phenoxy) is 1. The number of carbonyl (C=O) groups is 3. The first-order chi connectivity index (χ1) is 12.9. The summed E-state index contributed by atoms with van der Waals surface area (Å²) in [5.74, 6) is -0.466. The van der Waals surface area contributed by atoms with Crippen molar-refractivity contribution in [3.8, 4) is 5.75 Å². The lowest BCUT2D eigenvalue weighted by atomic mass is 10.1. The third-order valence-electron chi connectivity index (χ3n) is 3.66. The Labute approximate surface area is 158 Å². The highest BCUT2D eigenvalue weighted by molar-refractivity contribution is 5.99. The van der Waals surface area contributed by atoms with Gasteiger partial charge in [-0.2, -0.15) is 0 Å². The summed E-state index contributed by atoms with van der Waals surface area (Å²) in [4.78, 5) is 35.9. The Morgan fingerprint density at radius 3 is 1.78 bits per heavy atom. The maximum absolute atomic E-state index is 12.1. The quantitative estimate of drug-likeness (QED) is 0.682. The lowest BCUT2D eigenvalue weighted by Gasteiger charge is -2.10. The molecule has 2 aromatic carbocycles. The SMILES string of the molecule is CCOc1ccc(C(=O)NNC(=O)c2ccc(NC(=O)C(C)C)cc2)cc1. The topological polar surface area (TPSA) is 96.5 Å². The molecular weight excluding hydrogens is 346 g/mol. The van der Waals surface area contributed by atoms with E-state index in [1.165, 1.54) is 0 Å². The van der Waals surface area contributed by atoms with Crippen molar-refractivity contribution in [1.82, 2.24) is 10.9 Å². The molecule has 0 unspecified atom stereocenters. The van der Waals surface area contributed by atoms with Crippen LogP contribution < -0.4 is 20.9 Å². The zero-order valence-electron chi connectivity index (χ0n) is 15.5. The van der Waals surface area contributed by atoms with E-state index in [0.29, 0.717) is 29.2 Å². The molecule has 0 aliphatic carbocycles. The van der Waals surface area contributed by atoms with Gasteiger partial charge in [-0.05, 0) is 55.5 Å². The second-order valence-corrected chi connectivity index (χ2v) is 6.09. The van der Waals surface area contributed by atoms with E-state index in [1.54, 1.807) is 62.4 Å². The van der Waals surface area contributed by atoms with Gasteiger partial charge < -0.3 is 10.1 Å². The van der Waals surface area contributed by atoms with E-state index in [4.69, 9.17) is 4.74 Å². The molecule has 3 N–H and O–H groups in total. The van der Waals surface area contributed by atoms with Crippen LogP contribution in [0.25, 0.3) is 0 Å². The van der Waals surface area contributed by atoms with Crippen molar-refractivity contribution in [3.63, 3.8) is 0 Å². The summed E-state index contributed by atoms with van der Waals surface area (Å²) in [6, 6.07) is 13.0. The van der Waals surface area contributed by atoms with Crippen molar-refractivity contribution in [2.24, 2.45) is 5.92 Å². The number of hydrogen-bond donors (Lipinski definition) is 3. The van der Waals surface area contributed by atoms with Gasteiger partial charge in [-0.1, -0.05) is 13.8 Å². The highest BCUT2D eigenvalue weighted by Crippen LogP contribution is 2.12. The van der Waals surface area contributed by atoms with Crippen LogP contribution in [-0.4, -0.2) is 24.3 Å². The van der Waals surface area contributed by atoms with Crippen LogP contribution in [-0.2, 0) is 4.79 Å². The van der Waals surface area contributed by atoms with Crippen LogP contribution in [0.5, 0.6) is 5.75 Å². The zero-order valence-corrected chi connectivity index (χ0v) is 15.5. The Bertz CT molecular complexity index is 799. The monoisotopic (exact) mass is 369 g/mol. The minimum atomic E-state index is -0.462. The molecule has 27 heavy (non-hydrogen) atoms. The van der Waals surface area contributed by atoms with E-state index in [-0.39, 0.29) is 11.8 Å². The number of nitrogens with one attached hydrogen (secondary N) is 3. The molecule has 2 rings (SSSR count). The fraction of sp³-hybridized carbons (Fsp3) is 0.250. The summed E-state index contributed by atoms with van der Waals surface area (Å²) in [5.41, 5.74) is 6.07. The lowest BCUT2D eigenvalue weighted by Crippen LogP contribution is -2.41. The van der Waals surface area contributed by atoms with Crippen molar-refractivity contribution in [3.05, 3.63) is 59.7 Å². The van der Waals surface area contributed by atoms with E-state index < -0.39 is 11.8 Å². The highest BCUT2D eigenvalue weighted by Gasteiger charge is 2.11. The third kappa shape index (κ3) is 5.85. The fourth-order valence-corrected chi connectivity index (χ4v) is 2.12. The largest absolute Gasteiger partial charge is 0.494 e. The van der Waals surface area contributed by atoms with Crippen molar-refractivity contribution >= 4 is 23.4 Å². The lowest BCUT2D eigenvalue weighted by molar-refractivity contribution is -0.118. The number of amides is 3. The number of hydrogen-bond acceptors (Lipinski definition) is 4. The van der Waals surface area contributed by atoms with Gasteiger partial charge in [-0.15, -0.1) is 0 Å². The third-order valence-corrected chi connectivity index (χ3v) is 3.66. The molecule has 0 heterocycles. The number of carbonyl (C=O) groups excluding carboxylic acids is 3. The molecule has 0 bridgehead atoms. The van der Waals surface area contributed by atoms with Gasteiger partial charge in [0.25, 0.3) is 11.8 Å². The van der Waals surface area contributed by atoms with Gasteiger partial charge in [0.1, 0.15) is 5.75 Å². The van der Waals surface area contributed by atoms with Gasteiger partial charge in [-0.3, -0.25) is 25.2 Å². The molecule has 0 saturated carbocycles. The van der Waals surface area contributed by atoms with E-state index in [2.05, 4.69) is 16.2 Å².